The molecule has 0 unspecified atom stereocenters. The maximum absolute atomic E-state index is 12.5. The Balaban J connectivity index is 3.03. The highest BCUT2D eigenvalue weighted by Gasteiger charge is 2.33. The van der Waals surface area contributed by atoms with E-state index >= 15 is 0 Å². The zero-order valence-corrected chi connectivity index (χ0v) is 9.20. The molecule has 3 nitrogen and oxygen atoms in total. The van der Waals surface area contributed by atoms with E-state index in [4.69, 9.17) is 17.1 Å². The third kappa shape index (κ3) is 3.69. The van der Waals surface area contributed by atoms with Gasteiger partial charge in [-0.2, -0.15) is 13.2 Å². The molecule has 0 aliphatic carbocycles. The molecule has 0 N–H and O–H groups in total. The lowest BCUT2D eigenvalue weighted by molar-refractivity contribution is -0.137. The largest absolute Gasteiger partial charge is 0.417 e. The molecule has 0 atom stereocenters. The minimum Gasteiger partial charge on any atom is -0.166 e. The summed E-state index contributed by atoms with van der Waals surface area (Å²) in [4.78, 5) is 2.51. The Hall–Kier alpha value is -1.65. The van der Waals surface area contributed by atoms with Crippen LogP contribution in [0.1, 0.15) is 11.1 Å². The van der Waals surface area contributed by atoms with Crippen LogP contribution in [0.4, 0.5) is 13.2 Å². The van der Waals surface area contributed by atoms with Crippen molar-refractivity contribution >= 4 is 17.7 Å². The van der Waals surface area contributed by atoms with Gasteiger partial charge in [-0.1, -0.05) is 41.0 Å². The second-order valence-corrected chi connectivity index (χ2v) is 3.40. The SMILES string of the molecule is [N-]=[N+]=NCC=Cc1cccc(C(F)(F)F)c1Cl. The van der Waals surface area contributed by atoms with Crippen LogP contribution in [0.3, 0.4) is 0 Å². The van der Waals surface area contributed by atoms with E-state index in [-0.39, 0.29) is 17.1 Å². The van der Waals surface area contributed by atoms with Crippen LogP contribution in [0.15, 0.2) is 29.4 Å². The number of azide groups is 1. The third-order valence-corrected chi connectivity index (χ3v) is 2.30. The second kappa shape index (κ2) is 5.61. The van der Waals surface area contributed by atoms with Gasteiger partial charge in [0.1, 0.15) is 0 Å². The lowest BCUT2D eigenvalue weighted by Crippen LogP contribution is -2.06. The summed E-state index contributed by atoms with van der Waals surface area (Å²) in [6, 6.07) is 3.62. The summed E-state index contributed by atoms with van der Waals surface area (Å²) in [6.45, 7) is 0.0586. The predicted molar refractivity (Wildman–Crippen MR) is 59.5 cm³/mol. The average molecular weight is 262 g/mol. The Bertz CT molecular complexity index is 476. The van der Waals surface area contributed by atoms with Gasteiger partial charge in [0, 0.05) is 11.5 Å². The Kier molecular flexibility index (Phi) is 4.43. The van der Waals surface area contributed by atoms with E-state index in [1.807, 2.05) is 0 Å². The molecule has 90 valence electrons. The van der Waals surface area contributed by atoms with Crippen LogP contribution in [0, 0.1) is 0 Å². The molecule has 0 spiro atoms. The van der Waals surface area contributed by atoms with Crippen LogP contribution >= 0.6 is 11.6 Å². The van der Waals surface area contributed by atoms with Crippen LogP contribution in [-0.4, -0.2) is 6.54 Å². The molecule has 0 heterocycles. The molecule has 17 heavy (non-hydrogen) atoms. The Labute approximate surface area is 100 Å². The number of benzene rings is 1. The smallest absolute Gasteiger partial charge is 0.166 e. The van der Waals surface area contributed by atoms with Crippen molar-refractivity contribution in [1.82, 2.24) is 0 Å². The summed E-state index contributed by atoms with van der Waals surface area (Å²) in [5.74, 6) is 0. The van der Waals surface area contributed by atoms with E-state index in [9.17, 15) is 13.2 Å². The fraction of sp³-hybridized carbons (Fsp3) is 0.200. The first-order valence-electron chi connectivity index (χ1n) is 4.50. The Morgan fingerprint density at radius 3 is 2.71 bits per heavy atom. The number of nitrogens with zero attached hydrogens (tertiary/aromatic N) is 3. The summed E-state index contributed by atoms with van der Waals surface area (Å²) >= 11 is 5.63. The Morgan fingerprint density at radius 1 is 1.41 bits per heavy atom. The molecule has 0 aromatic heterocycles. The quantitative estimate of drug-likeness (QED) is 0.431. The molecular formula is C10H7ClF3N3. The van der Waals surface area contributed by atoms with Gasteiger partial charge in [-0.3, -0.25) is 0 Å². The first-order chi connectivity index (χ1) is 7.96. The minimum absolute atomic E-state index is 0.0586. The molecule has 0 aliphatic rings. The van der Waals surface area contributed by atoms with E-state index in [1.165, 1.54) is 24.3 Å². The molecule has 1 aromatic rings. The molecule has 0 amide bonds. The first kappa shape index (κ1) is 13.4. The molecule has 0 fully saturated rings. The van der Waals surface area contributed by atoms with Gasteiger partial charge < -0.3 is 0 Å². The van der Waals surface area contributed by atoms with Crippen LogP contribution in [0.2, 0.25) is 5.02 Å². The third-order valence-electron chi connectivity index (χ3n) is 1.88. The monoisotopic (exact) mass is 261 g/mol. The number of hydrogen-bond donors (Lipinski definition) is 0. The predicted octanol–water partition coefficient (Wildman–Crippen LogP) is 4.68. The van der Waals surface area contributed by atoms with Crippen molar-refractivity contribution in [1.29, 1.82) is 0 Å². The molecular weight excluding hydrogens is 255 g/mol. The molecule has 0 aliphatic heterocycles. The van der Waals surface area contributed by atoms with Crippen molar-refractivity contribution in [2.24, 2.45) is 5.11 Å². The molecule has 0 saturated heterocycles. The van der Waals surface area contributed by atoms with Crippen molar-refractivity contribution in [3.05, 3.63) is 50.9 Å². The second-order valence-electron chi connectivity index (χ2n) is 3.02. The summed E-state index contributed by atoms with van der Waals surface area (Å²) in [5, 5.41) is 2.85. The summed E-state index contributed by atoms with van der Waals surface area (Å²) in [7, 11) is 0. The van der Waals surface area contributed by atoms with Crippen LogP contribution < -0.4 is 0 Å². The van der Waals surface area contributed by atoms with Gasteiger partial charge in [0.05, 0.1) is 10.6 Å². The summed E-state index contributed by atoms with van der Waals surface area (Å²) < 4.78 is 37.5. The first-order valence-corrected chi connectivity index (χ1v) is 4.87. The highest BCUT2D eigenvalue weighted by Crippen LogP contribution is 2.36. The normalized spacial score (nSPS) is 11.5. The fourth-order valence-electron chi connectivity index (χ4n) is 1.16. The number of hydrogen-bond acceptors (Lipinski definition) is 1. The highest BCUT2D eigenvalue weighted by atomic mass is 35.5. The molecule has 0 radical (unpaired) electrons. The lowest BCUT2D eigenvalue weighted by Gasteiger charge is -2.10. The zero-order chi connectivity index (χ0) is 12.9. The van der Waals surface area contributed by atoms with Crippen LogP contribution in [0.25, 0.3) is 16.5 Å². The van der Waals surface area contributed by atoms with Gasteiger partial charge in [0.15, 0.2) is 0 Å². The van der Waals surface area contributed by atoms with Crippen molar-refractivity contribution in [2.45, 2.75) is 6.18 Å². The van der Waals surface area contributed by atoms with E-state index in [2.05, 4.69) is 10.0 Å². The standard InChI is InChI=1S/C10H7ClF3N3/c11-9-7(4-2-6-16-17-15)3-1-5-8(9)10(12,13)14/h1-5H,6H2. The van der Waals surface area contributed by atoms with Crippen LogP contribution in [0.5, 0.6) is 0 Å². The van der Waals surface area contributed by atoms with Crippen molar-refractivity contribution in [2.75, 3.05) is 6.54 Å². The molecule has 0 bridgehead atoms. The number of alkyl halides is 3. The van der Waals surface area contributed by atoms with Gasteiger partial charge in [-0.25, -0.2) is 0 Å². The minimum atomic E-state index is -4.48. The lowest BCUT2D eigenvalue weighted by atomic mass is 10.1. The van der Waals surface area contributed by atoms with E-state index in [0.29, 0.717) is 0 Å². The van der Waals surface area contributed by atoms with E-state index in [0.717, 1.165) is 6.07 Å². The topological polar surface area (TPSA) is 48.8 Å². The highest BCUT2D eigenvalue weighted by molar-refractivity contribution is 6.32. The van der Waals surface area contributed by atoms with E-state index < -0.39 is 11.7 Å². The van der Waals surface area contributed by atoms with Gasteiger partial charge >= 0.3 is 6.18 Å². The fourth-order valence-corrected chi connectivity index (χ4v) is 1.46. The summed E-state index contributed by atoms with van der Waals surface area (Å²) in [6.07, 6.45) is -1.67. The van der Waals surface area contributed by atoms with Crippen molar-refractivity contribution in [3.63, 3.8) is 0 Å². The molecule has 0 saturated carbocycles. The molecule has 7 heteroatoms. The van der Waals surface area contributed by atoms with E-state index in [1.54, 1.807) is 0 Å². The summed E-state index contributed by atoms with van der Waals surface area (Å²) in [5.41, 5.74) is 7.37. The maximum atomic E-state index is 12.5. The van der Waals surface area contributed by atoms with Gasteiger partial charge in [0.25, 0.3) is 0 Å². The average Bonchev–Trinajstić information content (AvgIpc) is 2.25. The number of rotatable bonds is 3. The van der Waals surface area contributed by atoms with Crippen molar-refractivity contribution < 1.29 is 13.2 Å². The van der Waals surface area contributed by atoms with Crippen molar-refractivity contribution in [3.8, 4) is 0 Å². The molecule has 1 rings (SSSR count). The maximum Gasteiger partial charge on any atom is 0.417 e. The molecule has 1 aromatic carbocycles. The van der Waals surface area contributed by atoms with Gasteiger partial charge in [-0.15, -0.1) is 0 Å². The Morgan fingerprint density at radius 2 is 2.12 bits per heavy atom. The number of halogens is 4. The van der Waals surface area contributed by atoms with Crippen LogP contribution in [-0.2, 0) is 6.18 Å². The van der Waals surface area contributed by atoms with Gasteiger partial charge in [0.2, 0.25) is 0 Å². The van der Waals surface area contributed by atoms with Gasteiger partial charge in [-0.05, 0) is 17.2 Å². The zero-order valence-electron chi connectivity index (χ0n) is 8.45.